The highest BCUT2D eigenvalue weighted by molar-refractivity contribution is 6.47. The number of esters is 1. The van der Waals surface area contributed by atoms with Gasteiger partial charge in [-0.25, -0.2) is 9.18 Å². The van der Waals surface area contributed by atoms with Gasteiger partial charge in [0.25, 0.3) is 0 Å². The molecule has 0 amide bonds. The van der Waals surface area contributed by atoms with Gasteiger partial charge >= 0.3 is 5.97 Å². The van der Waals surface area contributed by atoms with Crippen molar-refractivity contribution in [2.45, 2.75) is 45.1 Å². The third-order valence-electron chi connectivity index (χ3n) is 3.69. The molecule has 0 unspecified atom stereocenters. The Morgan fingerprint density at radius 2 is 2.09 bits per heavy atom. The van der Waals surface area contributed by atoms with Crippen LogP contribution in [0.1, 0.15) is 45.1 Å². The van der Waals surface area contributed by atoms with Gasteiger partial charge in [-0.15, -0.1) is 0 Å². The first-order chi connectivity index (χ1) is 10.5. The van der Waals surface area contributed by atoms with E-state index in [0.717, 1.165) is 25.7 Å². The van der Waals surface area contributed by atoms with Gasteiger partial charge in [-0.2, -0.15) is 0 Å². The van der Waals surface area contributed by atoms with Crippen molar-refractivity contribution in [3.63, 3.8) is 0 Å². The number of ether oxygens (including phenoxy) is 1. The minimum Gasteiger partial charge on any atom is -0.461 e. The van der Waals surface area contributed by atoms with Gasteiger partial charge in [0.15, 0.2) is 5.71 Å². The van der Waals surface area contributed by atoms with Crippen LogP contribution in [0.15, 0.2) is 23.4 Å². The summed E-state index contributed by atoms with van der Waals surface area (Å²) in [5.41, 5.74) is -0.766. The van der Waals surface area contributed by atoms with E-state index in [4.69, 9.17) is 21.2 Å². The van der Waals surface area contributed by atoms with E-state index in [-0.39, 0.29) is 22.9 Å². The first-order valence-electron chi connectivity index (χ1n) is 7.34. The van der Waals surface area contributed by atoms with Gasteiger partial charge < -0.3 is 9.57 Å². The largest absolute Gasteiger partial charge is 0.461 e. The van der Waals surface area contributed by atoms with Crippen LogP contribution < -0.4 is 0 Å². The molecule has 1 saturated carbocycles. The second-order valence-electron chi connectivity index (χ2n) is 5.51. The van der Waals surface area contributed by atoms with Crippen LogP contribution in [0.2, 0.25) is 5.02 Å². The van der Waals surface area contributed by atoms with Gasteiger partial charge in [0.05, 0.1) is 17.2 Å². The lowest BCUT2D eigenvalue weighted by Crippen LogP contribution is -2.26. The van der Waals surface area contributed by atoms with E-state index in [9.17, 15) is 9.18 Å². The molecule has 1 aliphatic carbocycles. The first kappa shape index (κ1) is 16.7. The van der Waals surface area contributed by atoms with Crippen LogP contribution in [0.4, 0.5) is 4.39 Å². The number of carbonyl (C=O) groups excluding carboxylic acids is 1. The van der Waals surface area contributed by atoms with E-state index in [1.165, 1.54) is 18.2 Å². The second kappa shape index (κ2) is 7.09. The molecule has 0 bridgehead atoms. The van der Waals surface area contributed by atoms with Crippen LogP contribution in [0, 0.1) is 5.82 Å². The maximum absolute atomic E-state index is 14.1. The Kier molecular flexibility index (Phi) is 5.40. The molecule has 0 spiro atoms. The fourth-order valence-corrected chi connectivity index (χ4v) is 2.73. The normalized spacial score (nSPS) is 17.4. The lowest BCUT2D eigenvalue weighted by Gasteiger charge is -2.21. The molecular formula is C16H19ClFNO3. The zero-order valence-electron chi connectivity index (χ0n) is 12.7. The van der Waals surface area contributed by atoms with Gasteiger partial charge in [-0.05, 0) is 51.7 Å². The van der Waals surface area contributed by atoms with Crippen molar-refractivity contribution in [2.24, 2.45) is 5.16 Å². The number of hydrogen-bond donors (Lipinski definition) is 0. The summed E-state index contributed by atoms with van der Waals surface area (Å²) in [6.07, 6.45) is 3.78. The summed E-state index contributed by atoms with van der Waals surface area (Å²) in [6.45, 7) is 3.74. The number of carbonyl (C=O) groups is 1. The highest BCUT2D eigenvalue weighted by Gasteiger charge is 2.32. The van der Waals surface area contributed by atoms with Crippen molar-refractivity contribution in [3.8, 4) is 0 Å². The highest BCUT2D eigenvalue weighted by Crippen LogP contribution is 2.33. The molecule has 0 aliphatic heterocycles. The molecule has 0 heterocycles. The van der Waals surface area contributed by atoms with E-state index in [0.29, 0.717) is 0 Å². The molecule has 1 aromatic carbocycles. The monoisotopic (exact) mass is 327 g/mol. The molecule has 1 aromatic rings. The Balaban J connectivity index is 2.36. The van der Waals surface area contributed by atoms with Crippen LogP contribution in [0.3, 0.4) is 0 Å². The van der Waals surface area contributed by atoms with Crippen molar-refractivity contribution >= 4 is 23.3 Å². The predicted molar refractivity (Wildman–Crippen MR) is 82.5 cm³/mol. The molecule has 1 fully saturated rings. The third-order valence-corrected chi connectivity index (χ3v) is 4.00. The zero-order chi connectivity index (χ0) is 16.2. The number of hydrogen-bond acceptors (Lipinski definition) is 4. The van der Waals surface area contributed by atoms with E-state index in [1.807, 2.05) is 6.92 Å². The molecule has 0 N–H and O–H groups in total. The minimum atomic E-state index is -0.754. The van der Waals surface area contributed by atoms with Crippen LogP contribution in [0.5, 0.6) is 0 Å². The molecule has 120 valence electrons. The third kappa shape index (κ3) is 3.77. The summed E-state index contributed by atoms with van der Waals surface area (Å²) in [7, 11) is 0. The van der Waals surface area contributed by atoms with Crippen molar-refractivity contribution in [1.82, 2.24) is 0 Å². The van der Waals surface area contributed by atoms with Gasteiger partial charge in [-0.1, -0.05) is 22.8 Å². The summed E-state index contributed by atoms with van der Waals surface area (Å²) in [5.74, 6) is -1.39. The van der Waals surface area contributed by atoms with E-state index < -0.39 is 17.4 Å². The summed E-state index contributed by atoms with van der Waals surface area (Å²) in [4.78, 5) is 17.6. The Morgan fingerprint density at radius 3 is 2.68 bits per heavy atom. The predicted octanol–water partition coefficient (Wildman–Crippen LogP) is 4.10. The molecule has 0 radical (unpaired) electrons. The number of halogens is 2. The molecule has 22 heavy (non-hydrogen) atoms. The Hall–Kier alpha value is -1.62. The lowest BCUT2D eigenvalue weighted by atomic mass is 10.1. The van der Waals surface area contributed by atoms with E-state index >= 15 is 0 Å². The fraction of sp³-hybridized carbons (Fsp3) is 0.500. The molecular weight excluding hydrogens is 309 g/mol. The SMILES string of the molecule is CCOC(=O)/C(=N\OC1(C)CCCC1)c1c(F)cccc1Cl. The molecule has 4 nitrogen and oxygen atoms in total. The fourth-order valence-electron chi connectivity index (χ4n) is 2.48. The van der Waals surface area contributed by atoms with Gasteiger partial charge in [0, 0.05) is 0 Å². The average Bonchev–Trinajstić information content (AvgIpc) is 2.89. The average molecular weight is 328 g/mol. The van der Waals surface area contributed by atoms with Gasteiger partial charge in [0.2, 0.25) is 0 Å². The van der Waals surface area contributed by atoms with Crippen LogP contribution in [0.25, 0.3) is 0 Å². The molecule has 0 saturated heterocycles. The Labute approximate surface area is 134 Å². The molecule has 1 aliphatic rings. The summed E-state index contributed by atoms with van der Waals surface area (Å²) in [5, 5.41) is 4.00. The van der Waals surface area contributed by atoms with Crippen LogP contribution in [-0.2, 0) is 14.4 Å². The van der Waals surface area contributed by atoms with Gasteiger partial charge in [-0.3, -0.25) is 0 Å². The van der Waals surface area contributed by atoms with Crippen molar-refractivity contribution < 1.29 is 18.8 Å². The minimum absolute atomic E-state index is 0.0898. The maximum Gasteiger partial charge on any atom is 0.361 e. The highest BCUT2D eigenvalue weighted by atomic mass is 35.5. The van der Waals surface area contributed by atoms with Crippen molar-refractivity contribution in [3.05, 3.63) is 34.6 Å². The zero-order valence-corrected chi connectivity index (χ0v) is 13.5. The molecule has 2 rings (SSSR count). The van der Waals surface area contributed by atoms with Crippen LogP contribution in [-0.4, -0.2) is 23.9 Å². The standard InChI is InChI=1S/C16H19ClFNO3/c1-3-21-15(20)14(13-11(17)7-6-8-12(13)18)19-22-16(2)9-4-5-10-16/h6-8H,3-5,9-10H2,1-2H3/b19-14-. The quantitative estimate of drug-likeness (QED) is 0.465. The van der Waals surface area contributed by atoms with Crippen LogP contribution >= 0.6 is 11.6 Å². The maximum atomic E-state index is 14.1. The summed E-state index contributed by atoms with van der Waals surface area (Å²) in [6, 6.07) is 4.17. The number of nitrogens with zero attached hydrogens (tertiary/aromatic N) is 1. The molecule has 6 heteroatoms. The van der Waals surface area contributed by atoms with Crippen molar-refractivity contribution in [1.29, 1.82) is 0 Å². The Morgan fingerprint density at radius 1 is 1.41 bits per heavy atom. The summed E-state index contributed by atoms with van der Waals surface area (Å²) >= 11 is 6.01. The molecule has 0 atom stereocenters. The first-order valence-corrected chi connectivity index (χ1v) is 7.72. The van der Waals surface area contributed by atoms with Crippen molar-refractivity contribution in [2.75, 3.05) is 6.61 Å². The second-order valence-corrected chi connectivity index (χ2v) is 5.91. The van der Waals surface area contributed by atoms with Gasteiger partial charge in [0.1, 0.15) is 11.4 Å². The number of benzene rings is 1. The van der Waals surface area contributed by atoms with E-state index in [2.05, 4.69) is 5.16 Å². The lowest BCUT2D eigenvalue weighted by molar-refractivity contribution is -0.135. The molecule has 0 aromatic heterocycles. The smallest absolute Gasteiger partial charge is 0.361 e. The summed E-state index contributed by atoms with van der Waals surface area (Å²) < 4.78 is 19.0. The number of rotatable bonds is 5. The Bertz CT molecular complexity index is 563. The van der Waals surface area contributed by atoms with E-state index in [1.54, 1.807) is 6.92 Å². The number of oxime groups is 1. The topological polar surface area (TPSA) is 47.9 Å².